The van der Waals surface area contributed by atoms with Crippen LogP contribution in [0.1, 0.15) is 17.3 Å². The van der Waals surface area contributed by atoms with Gasteiger partial charge in [0.25, 0.3) is 0 Å². The quantitative estimate of drug-likeness (QED) is 0.860. The van der Waals surface area contributed by atoms with Gasteiger partial charge >= 0.3 is 6.03 Å². The molecule has 2 saturated heterocycles. The number of carbonyl (C=O) groups excluding carboxylic acids is 1. The highest BCUT2D eigenvalue weighted by Crippen LogP contribution is 2.46. The van der Waals surface area contributed by atoms with E-state index in [9.17, 15) is 9.18 Å². The molecule has 2 fully saturated rings. The van der Waals surface area contributed by atoms with Crippen LogP contribution in [0.5, 0.6) is 0 Å². The summed E-state index contributed by atoms with van der Waals surface area (Å²) >= 11 is 0. The van der Waals surface area contributed by atoms with Crippen LogP contribution in [-0.4, -0.2) is 59.5 Å². The standard InChI is InChI=1S/C20H25FN6O/c1-12-7-17(24-19(22)23-12)26-9-14-10-27(20(28)25(2)3)18(16(14)11-26)13-5-4-6-15(21)8-13/h4-8,14,16,18H,9-11H2,1-3H3,(H2,22,23,24)/t14-,16-,18+/m1/s1. The molecule has 2 amide bonds. The molecule has 2 aliphatic heterocycles. The summed E-state index contributed by atoms with van der Waals surface area (Å²) in [6.45, 7) is 4.05. The molecule has 2 N–H and O–H groups in total. The van der Waals surface area contributed by atoms with Gasteiger partial charge in [0, 0.05) is 57.3 Å². The topological polar surface area (TPSA) is 78.6 Å². The molecule has 0 saturated carbocycles. The molecule has 2 aromatic rings. The van der Waals surface area contributed by atoms with Crippen LogP contribution in [-0.2, 0) is 0 Å². The van der Waals surface area contributed by atoms with E-state index in [1.165, 1.54) is 6.07 Å². The number of hydrogen-bond donors (Lipinski definition) is 1. The molecule has 1 aromatic heterocycles. The molecule has 0 radical (unpaired) electrons. The number of anilines is 2. The molecule has 3 atom stereocenters. The second-order valence-electron chi connectivity index (χ2n) is 7.88. The number of nitrogen functional groups attached to an aromatic ring is 1. The van der Waals surface area contributed by atoms with E-state index in [0.717, 1.165) is 30.2 Å². The average molecular weight is 384 g/mol. The van der Waals surface area contributed by atoms with Crippen molar-refractivity contribution in [3.05, 3.63) is 47.4 Å². The first-order valence-corrected chi connectivity index (χ1v) is 9.43. The molecule has 148 valence electrons. The number of aromatic nitrogens is 2. The first-order chi connectivity index (χ1) is 13.3. The summed E-state index contributed by atoms with van der Waals surface area (Å²) in [7, 11) is 3.50. The van der Waals surface area contributed by atoms with Gasteiger partial charge < -0.3 is 20.4 Å². The maximum Gasteiger partial charge on any atom is 0.320 e. The van der Waals surface area contributed by atoms with Gasteiger partial charge in [0.1, 0.15) is 11.6 Å². The van der Waals surface area contributed by atoms with Gasteiger partial charge in [0.05, 0.1) is 6.04 Å². The lowest BCUT2D eigenvalue weighted by Gasteiger charge is -2.32. The van der Waals surface area contributed by atoms with Crippen molar-refractivity contribution in [2.45, 2.75) is 13.0 Å². The van der Waals surface area contributed by atoms with Crippen LogP contribution in [0.2, 0.25) is 0 Å². The fourth-order valence-electron chi connectivity index (χ4n) is 4.54. The highest BCUT2D eigenvalue weighted by molar-refractivity contribution is 5.75. The number of halogens is 1. The Morgan fingerprint density at radius 1 is 1.21 bits per heavy atom. The zero-order valence-corrected chi connectivity index (χ0v) is 16.3. The van der Waals surface area contributed by atoms with Crippen LogP contribution in [0, 0.1) is 24.6 Å². The third-order valence-corrected chi connectivity index (χ3v) is 5.66. The number of fused-ring (bicyclic) bond motifs is 1. The Morgan fingerprint density at radius 2 is 2.00 bits per heavy atom. The van der Waals surface area contributed by atoms with E-state index in [4.69, 9.17) is 5.73 Å². The normalized spacial score (nSPS) is 23.8. The van der Waals surface area contributed by atoms with Gasteiger partial charge in [-0.1, -0.05) is 12.1 Å². The molecule has 28 heavy (non-hydrogen) atoms. The predicted octanol–water partition coefficient (Wildman–Crippen LogP) is 2.30. The summed E-state index contributed by atoms with van der Waals surface area (Å²) in [5.74, 6) is 1.27. The number of rotatable bonds is 2. The zero-order valence-electron chi connectivity index (χ0n) is 16.3. The number of urea groups is 1. The highest BCUT2D eigenvalue weighted by Gasteiger charge is 2.49. The van der Waals surface area contributed by atoms with Gasteiger partial charge in [0.15, 0.2) is 0 Å². The van der Waals surface area contributed by atoms with E-state index in [2.05, 4.69) is 14.9 Å². The average Bonchev–Trinajstić information content (AvgIpc) is 3.17. The summed E-state index contributed by atoms with van der Waals surface area (Å²) in [6.07, 6.45) is 0. The number of carbonyl (C=O) groups is 1. The van der Waals surface area contributed by atoms with E-state index in [1.54, 1.807) is 31.1 Å². The van der Waals surface area contributed by atoms with Crippen LogP contribution < -0.4 is 10.6 Å². The third kappa shape index (κ3) is 3.23. The van der Waals surface area contributed by atoms with Crippen molar-refractivity contribution < 1.29 is 9.18 Å². The van der Waals surface area contributed by atoms with E-state index >= 15 is 0 Å². The van der Waals surface area contributed by atoms with Crippen LogP contribution in [0.4, 0.5) is 21.0 Å². The molecule has 1 aromatic carbocycles. The van der Waals surface area contributed by atoms with E-state index < -0.39 is 0 Å². The second kappa shape index (κ2) is 6.92. The van der Waals surface area contributed by atoms with Gasteiger partial charge in [0.2, 0.25) is 5.95 Å². The molecule has 8 heteroatoms. The summed E-state index contributed by atoms with van der Waals surface area (Å²) in [4.78, 5) is 27.0. The first-order valence-electron chi connectivity index (χ1n) is 9.43. The number of benzene rings is 1. The maximum atomic E-state index is 13.9. The molecule has 0 bridgehead atoms. The Morgan fingerprint density at radius 3 is 2.68 bits per heavy atom. The Labute approximate surface area is 164 Å². The van der Waals surface area contributed by atoms with Gasteiger partial charge in [-0.2, -0.15) is 4.98 Å². The molecule has 0 unspecified atom stereocenters. The Kier molecular flexibility index (Phi) is 4.56. The van der Waals surface area contributed by atoms with Crippen molar-refractivity contribution in [2.75, 3.05) is 44.4 Å². The van der Waals surface area contributed by atoms with Gasteiger partial charge in [-0.3, -0.25) is 0 Å². The SMILES string of the molecule is Cc1cc(N2C[C@@H]3CN(C(=O)N(C)C)[C@@H](c4cccc(F)c4)[C@@H]3C2)nc(N)n1. The smallest absolute Gasteiger partial charge is 0.320 e. The van der Waals surface area contributed by atoms with Gasteiger partial charge in [-0.15, -0.1) is 0 Å². The number of nitrogens with two attached hydrogens (primary N) is 1. The summed E-state index contributed by atoms with van der Waals surface area (Å²) in [5, 5.41) is 0. The minimum atomic E-state index is -0.285. The molecule has 4 rings (SSSR count). The number of aryl methyl sites for hydroxylation is 1. The molecule has 7 nitrogen and oxygen atoms in total. The molecule has 0 aliphatic carbocycles. The Balaban J connectivity index is 1.66. The van der Waals surface area contributed by atoms with Crippen molar-refractivity contribution in [1.29, 1.82) is 0 Å². The van der Waals surface area contributed by atoms with E-state index in [-0.39, 0.29) is 35.7 Å². The van der Waals surface area contributed by atoms with Gasteiger partial charge in [-0.25, -0.2) is 14.2 Å². The summed E-state index contributed by atoms with van der Waals surface area (Å²) < 4.78 is 13.9. The fourth-order valence-corrected chi connectivity index (χ4v) is 4.54. The van der Waals surface area contributed by atoms with Crippen molar-refractivity contribution in [2.24, 2.45) is 11.8 Å². The minimum Gasteiger partial charge on any atom is -0.368 e. The summed E-state index contributed by atoms with van der Waals surface area (Å²) in [6, 6.07) is 8.30. The molecule has 2 aliphatic rings. The van der Waals surface area contributed by atoms with Crippen LogP contribution >= 0.6 is 0 Å². The first kappa shape index (κ1) is 18.5. The largest absolute Gasteiger partial charge is 0.368 e. The number of likely N-dealkylation sites (tertiary alicyclic amines) is 1. The van der Waals surface area contributed by atoms with Crippen molar-refractivity contribution in [3.63, 3.8) is 0 Å². The number of amides is 2. The van der Waals surface area contributed by atoms with Crippen molar-refractivity contribution >= 4 is 17.8 Å². The Bertz CT molecular complexity index is 884. The fraction of sp³-hybridized carbons (Fsp3) is 0.450. The molecular formula is C20H25FN6O. The summed E-state index contributed by atoms with van der Waals surface area (Å²) in [5.41, 5.74) is 7.48. The van der Waals surface area contributed by atoms with E-state index in [1.807, 2.05) is 24.0 Å². The highest BCUT2D eigenvalue weighted by atomic mass is 19.1. The second-order valence-corrected chi connectivity index (χ2v) is 7.88. The van der Waals surface area contributed by atoms with Crippen LogP contribution in [0.3, 0.4) is 0 Å². The monoisotopic (exact) mass is 384 g/mol. The van der Waals surface area contributed by atoms with Crippen molar-refractivity contribution in [1.82, 2.24) is 19.8 Å². The van der Waals surface area contributed by atoms with E-state index in [0.29, 0.717) is 6.54 Å². The number of nitrogens with zero attached hydrogens (tertiary/aromatic N) is 5. The lowest BCUT2D eigenvalue weighted by atomic mass is 9.89. The Hall–Kier alpha value is -2.90. The lowest BCUT2D eigenvalue weighted by molar-refractivity contribution is 0.159. The minimum absolute atomic E-state index is 0.0441. The van der Waals surface area contributed by atoms with Gasteiger partial charge in [-0.05, 0) is 24.6 Å². The third-order valence-electron chi connectivity index (χ3n) is 5.66. The predicted molar refractivity (Wildman–Crippen MR) is 105 cm³/mol. The molecule has 0 spiro atoms. The zero-order chi connectivity index (χ0) is 20.0. The van der Waals surface area contributed by atoms with Crippen molar-refractivity contribution in [3.8, 4) is 0 Å². The molecular weight excluding hydrogens is 359 g/mol. The lowest BCUT2D eigenvalue weighted by Crippen LogP contribution is -2.41. The number of hydrogen-bond acceptors (Lipinski definition) is 5. The van der Waals surface area contributed by atoms with Crippen LogP contribution in [0.15, 0.2) is 30.3 Å². The maximum absolute atomic E-state index is 13.9. The van der Waals surface area contributed by atoms with Crippen LogP contribution in [0.25, 0.3) is 0 Å². The molecule has 3 heterocycles.